The van der Waals surface area contributed by atoms with E-state index in [2.05, 4.69) is 17.0 Å². The highest BCUT2D eigenvalue weighted by atomic mass is 35.5. The number of esters is 2. The van der Waals surface area contributed by atoms with E-state index < -0.39 is 81.5 Å². The highest BCUT2D eigenvalue weighted by molar-refractivity contribution is 6.26. The lowest BCUT2D eigenvalue weighted by Crippen LogP contribution is -2.79. The van der Waals surface area contributed by atoms with Crippen molar-refractivity contribution in [1.29, 1.82) is 5.26 Å². The van der Waals surface area contributed by atoms with Gasteiger partial charge in [-0.05, 0) is 93.2 Å². The van der Waals surface area contributed by atoms with Gasteiger partial charge in [0.05, 0.1) is 30.1 Å². The van der Waals surface area contributed by atoms with Crippen molar-refractivity contribution in [1.82, 2.24) is 0 Å². The number of Topliss-reactive ketones (excluding diaryl/α,β-unsaturated/α-hetero) is 2. The number of alkyl halides is 1. The number of methoxy groups -OCH3 is 1. The number of carbonyl (C=O) groups is 4. The van der Waals surface area contributed by atoms with Crippen molar-refractivity contribution in [3.8, 4) is 23.3 Å². The van der Waals surface area contributed by atoms with Gasteiger partial charge < -0.3 is 23.7 Å². The van der Waals surface area contributed by atoms with Gasteiger partial charge in [0.15, 0.2) is 34.6 Å². The Kier molecular flexibility index (Phi) is 10.7. The monoisotopic (exact) mass is 784 g/mol. The molecule has 11 nitrogen and oxygen atoms in total. The largest absolute Gasteiger partial charge is 0.482 e. The van der Waals surface area contributed by atoms with Crippen LogP contribution in [-0.2, 0) is 30.3 Å². The minimum absolute atomic E-state index is 0.0447. The lowest BCUT2D eigenvalue weighted by atomic mass is 9.42. The fourth-order valence-electron chi connectivity index (χ4n) is 9.84. The molecule has 3 aliphatic heterocycles. The van der Waals surface area contributed by atoms with Gasteiger partial charge in [0.2, 0.25) is 0 Å². The second-order valence-corrected chi connectivity index (χ2v) is 17.1. The number of halogens is 1. The van der Waals surface area contributed by atoms with E-state index in [4.69, 9.17) is 41.9 Å². The third kappa shape index (κ3) is 6.19. The first kappa shape index (κ1) is 40.9. The number of hydrogen-bond donors (Lipinski definition) is 0. The number of benzene rings is 1. The third-order valence-electron chi connectivity index (χ3n) is 12.3. The van der Waals surface area contributed by atoms with Crippen molar-refractivity contribution in [3.05, 3.63) is 69.1 Å². The van der Waals surface area contributed by atoms with Gasteiger partial charge in [-0.2, -0.15) is 5.26 Å². The van der Waals surface area contributed by atoms with Crippen LogP contribution >= 0.6 is 11.6 Å². The molecule has 1 aromatic carbocycles. The predicted molar refractivity (Wildman–Crippen MR) is 208 cm³/mol. The maximum atomic E-state index is 15.8. The molecule has 3 aliphatic carbocycles. The smallest absolute Gasteiger partial charge is 0.333 e. The van der Waals surface area contributed by atoms with Gasteiger partial charge in [0, 0.05) is 29.4 Å². The molecule has 296 valence electrons. The van der Waals surface area contributed by atoms with Crippen LogP contribution < -0.4 is 14.2 Å². The molecular weight excluding hydrogens is 736 g/mol. The van der Waals surface area contributed by atoms with Crippen molar-refractivity contribution in [2.24, 2.45) is 23.7 Å². The van der Waals surface area contributed by atoms with Crippen LogP contribution in [0.3, 0.4) is 0 Å². The molecule has 0 N–H and O–H groups in total. The molecule has 4 bridgehead atoms. The predicted octanol–water partition coefficient (Wildman–Crippen LogP) is 7.88. The second-order valence-electron chi connectivity index (χ2n) is 16.8. The van der Waals surface area contributed by atoms with Crippen LogP contribution in [0.2, 0.25) is 0 Å². The number of fused-ring (bicyclic) bond motifs is 2. The summed E-state index contributed by atoms with van der Waals surface area (Å²) in [4.78, 5) is 60.3. The molecule has 0 aromatic heterocycles. The van der Waals surface area contributed by atoms with Gasteiger partial charge in [-0.1, -0.05) is 29.4 Å². The Hall–Kier alpha value is -4.71. The molecule has 0 radical (unpaired) electrons. The maximum absolute atomic E-state index is 15.8. The Labute approximate surface area is 333 Å². The lowest BCUT2D eigenvalue weighted by molar-refractivity contribution is -0.211. The van der Waals surface area contributed by atoms with E-state index in [1.165, 1.54) is 12.7 Å². The Balaban J connectivity index is 1.71. The van der Waals surface area contributed by atoms with Crippen LogP contribution in [-0.4, -0.2) is 64.9 Å². The van der Waals surface area contributed by atoms with Gasteiger partial charge in [0.25, 0.3) is 0 Å². The van der Waals surface area contributed by atoms with Crippen LogP contribution in [0.5, 0.6) is 17.2 Å². The summed E-state index contributed by atoms with van der Waals surface area (Å²) in [6.45, 7) is 23.2. The first-order chi connectivity index (χ1) is 26.4. The molecule has 4 fully saturated rings. The zero-order valence-electron chi connectivity index (χ0n) is 33.5. The molecule has 1 aromatic rings. The van der Waals surface area contributed by atoms with E-state index in [9.17, 15) is 14.9 Å². The molecule has 8 atom stereocenters. The number of nitrogens with zero attached hydrogens (tertiary/aromatic N) is 2. The third-order valence-corrected chi connectivity index (χ3v) is 12.5. The number of rotatable bonds is 11. The summed E-state index contributed by atoms with van der Waals surface area (Å²) in [5, 5.41) is 10.4. The summed E-state index contributed by atoms with van der Waals surface area (Å²) in [5.41, 5.74) is -2.21. The van der Waals surface area contributed by atoms with Crippen LogP contribution in [0, 0.1) is 41.6 Å². The zero-order valence-corrected chi connectivity index (χ0v) is 34.2. The van der Waals surface area contributed by atoms with Gasteiger partial charge in [-0.15, -0.1) is 11.6 Å². The minimum atomic E-state index is -1.81. The van der Waals surface area contributed by atoms with Crippen molar-refractivity contribution in [2.75, 3.05) is 13.0 Å². The number of ether oxygens (including phenoxy) is 5. The maximum Gasteiger partial charge on any atom is 0.333 e. The molecule has 12 heteroatoms. The van der Waals surface area contributed by atoms with Crippen LogP contribution in [0.25, 0.3) is 10.9 Å². The van der Waals surface area contributed by atoms with Crippen molar-refractivity contribution in [3.63, 3.8) is 0 Å². The molecular formula is C44H49ClN2O9. The van der Waals surface area contributed by atoms with Crippen molar-refractivity contribution in [2.45, 2.75) is 116 Å². The Morgan fingerprint density at radius 3 is 2.39 bits per heavy atom. The number of ketones is 2. The Bertz CT molecular complexity index is 2100. The summed E-state index contributed by atoms with van der Waals surface area (Å²) >= 11 is 6.00. The van der Waals surface area contributed by atoms with Gasteiger partial charge in [0.1, 0.15) is 28.5 Å². The van der Waals surface area contributed by atoms with Crippen LogP contribution in [0.1, 0.15) is 103 Å². The summed E-state index contributed by atoms with van der Waals surface area (Å²) in [6, 6.07) is 0.688. The minimum Gasteiger partial charge on any atom is -0.482 e. The molecule has 3 heterocycles. The van der Waals surface area contributed by atoms with E-state index in [-0.39, 0.29) is 41.9 Å². The number of carbonyl (C=O) groups excluding carboxylic acids is 4. The highest BCUT2D eigenvalue weighted by Gasteiger charge is 2.86. The van der Waals surface area contributed by atoms with Gasteiger partial charge in [-0.3, -0.25) is 19.2 Å². The first-order valence-electron chi connectivity index (χ1n) is 19.0. The van der Waals surface area contributed by atoms with Crippen molar-refractivity contribution < 1.29 is 42.9 Å². The van der Waals surface area contributed by atoms with Gasteiger partial charge in [-0.25, -0.2) is 11.4 Å². The van der Waals surface area contributed by atoms with Crippen LogP contribution in [0.4, 0.5) is 0 Å². The summed E-state index contributed by atoms with van der Waals surface area (Å²) in [7, 11) is 1.26. The molecule has 6 aliphatic rings. The molecule has 7 rings (SSSR count). The van der Waals surface area contributed by atoms with Crippen LogP contribution in [0.15, 0.2) is 41.0 Å². The summed E-state index contributed by atoms with van der Waals surface area (Å²) in [5.74, 6) is -6.35. The topological polar surface area (TPSA) is 143 Å². The van der Waals surface area contributed by atoms with E-state index in [1.807, 2.05) is 60.6 Å². The number of allylic oxidation sites excluding steroid dienone is 4. The molecule has 1 saturated heterocycles. The lowest BCUT2D eigenvalue weighted by Gasteiger charge is -2.62. The molecule has 1 spiro atoms. The summed E-state index contributed by atoms with van der Waals surface area (Å²) < 4.78 is 32.2. The van der Waals surface area contributed by atoms with E-state index in [1.54, 1.807) is 19.1 Å². The Morgan fingerprint density at radius 2 is 1.79 bits per heavy atom. The average molecular weight is 785 g/mol. The second kappa shape index (κ2) is 14.7. The quantitative estimate of drug-likeness (QED) is 0.0543. The Morgan fingerprint density at radius 1 is 1.09 bits per heavy atom. The number of nitriles is 1. The van der Waals surface area contributed by atoms with Crippen molar-refractivity contribution >= 4 is 41.2 Å². The van der Waals surface area contributed by atoms with E-state index >= 15 is 9.59 Å². The SMILES string of the molecule is [C-]#[N+]C(C#N)C1C2CC3C(C)(C)OC(C/C=C(/C)C(=O)OC)(C2=O)C32Oc3c(CC=C(C)C)c4c(c(OC(=O)CCl)c3C(=O)C12)C=CC(C)(CCC=C(C)C)O4. The standard InChI is InChI=1S/C44H49ClN2O9/c1-23(2)12-11-17-42(8)18-16-27-36(54-42)26(14-13-24(3)4)38-33(37(27)53-31(48)21-45)35(49)34-32(29(22-46)47-9)28-20-30-41(6,7)56-43(39(28)50,44(30,34)55-38)19-15-25(5)40(51)52-10/h12-13,15-16,18,28-30,32,34H,11,14,17,19-21H2,1-8,10H3/b25-15-. The van der Waals surface area contributed by atoms with E-state index in [0.29, 0.717) is 23.3 Å². The number of hydrogen-bond acceptors (Lipinski definition) is 10. The molecule has 3 saturated carbocycles. The summed E-state index contributed by atoms with van der Waals surface area (Å²) in [6.07, 6.45) is 11.0. The van der Waals surface area contributed by atoms with Gasteiger partial charge >= 0.3 is 18.0 Å². The molecule has 0 amide bonds. The van der Waals surface area contributed by atoms with E-state index in [0.717, 1.165) is 12.0 Å². The molecule has 56 heavy (non-hydrogen) atoms. The zero-order chi connectivity index (χ0) is 41.1. The average Bonchev–Trinajstić information content (AvgIpc) is 3.29. The normalized spacial score (nSPS) is 30.6. The first-order valence-corrected chi connectivity index (χ1v) is 19.5. The molecule has 8 unspecified atom stereocenters. The fourth-order valence-corrected chi connectivity index (χ4v) is 9.90. The fraction of sp³-hybridized carbons (Fsp3) is 0.545. The highest BCUT2D eigenvalue weighted by Crippen LogP contribution is 2.72.